The number of aliphatic hydroxyl groups is 1. The van der Waals surface area contributed by atoms with Gasteiger partial charge in [0.1, 0.15) is 0 Å². The van der Waals surface area contributed by atoms with E-state index in [1.165, 1.54) is 0 Å². The first-order valence-electron chi connectivity index (χ1n) is 5.38. The van der Waals surface area contributed by atoms with E-state index in [0.717, 1.165) is 0 Å². The second-order valence-corrected chi connectivity index (χ2v) is 4.37. The van der Waals surface area contributed by atoms with Gasteiger partial charge in [0.15, 0.2) is 0 Å². The number of halogens is 13. The molecule has 14 heteroatoms. The molecule has 0 aromatic heterocycles. The van der Waals surface area contributed by atoms with Gasteiger partial charge >= 0.3 is 30.4 Å². The van der Waals surface area contributed by atoms with Crippen LogP contribution in [0.15, 0.2) is 0 Å². The average molecular weight is 378 g/mol. The predicted molar refractivity (Wildman–Crippen MR) is 46.8 cm³/mol. The quantitative estimate of drug-likeness (QED) is 0.688. The topological polar surface area (TPSA) is 20.2 Å². The minimum Gasteiger partial charge on any atom is -0.396 e. The first-order valence-corrected chi connectivity index (χ1v) is 5.38. The zero-order valence-electron chi connectivity index (χ0n) is 10.5. The van der Waals surface area contributed by atoms with Gasteiger partial charge in [-0.3, -0.25) is 0 Å². The van der Waals surface area contributed by atoms with Crippen molar-refractivity contribution in [3.63, 3.8) is 0 Å². The molecule has 0 unspecified atom stereocenters. The summed E-state index contributed by atoms with van der Waals surface area (Å²) in [4.78, 5) is 0. The van der Waals surface area contributed by atoms with Crippen LogP contribution >= 0.6 is 0 Å². The molecule has 140 valence electrons. The molecule has 0 aromatic rings. The van der Waals surface area contributed by atoms with Gasteiger partial charge in [-0.25, -0.2) is 0 Å². The summed E-state index contributed by atoms with van der Waals surface area (Å²) in [5.74, 6) is -15.2. The molecule has 0 aromatic carbocycles. The lowest BCUT2D eigenvalue weighted by molar-refractivity contribution is -0.461. The Morgan fingerprint density at radius 2 is 0.870 bits per heavy atom. The second kappa shape index (κ2) is 5.84. The zero-order valence-corrected chi connectivity index (χ0v) is 10.5. The molecule has 0 saturated carbocycles. The third-order valence-electron chi connectivity index (χ3n) is 2.96. The highest BCUT2D eigenvalue weighted by molar-refractivity contribution is 5.10. The van der Waals surface area contributed by atoms with E-state index < -0.39 is 55.2 Å². The zero-order chi connectivity index (χ0) is 19.1. The molecule has 0 spiro atoms. The van der Waals surface area contributed by atoms with Crippen LogP contribution in [0.25, 0.3) is 0 Å². The third-order valence-corrected chi connectivity index (χ3v) is 2.96. The number of alkyl halides is 13. The van der Waals surface area contributed by atoms with Crippen molar-refractivity contribution in [1.29, 1.82) is 0 Å². The molecule has 0 rings (SSSR count). The number of rotatable bonds is 5. The minimum absolute atomic E-state index is 1.58. The monoisotopic (exact) mass is 378 g/mol. The van der Waals surface area contributed by atoms with Crippen LogP contribution in [0, 0.1) is 5.41 Å². The highest BCUT2D eigenvalue weighted by Gasteiger charge is 2.91. The lowest BCUT2D eigenvalue weighted by Gasteiger charge is -2.45. The van der Waals surface area contributed by atoms with E-state index in [4.69, 9.17) is 5.11 Å². The molecule has 0 radical (unpaired) electrons. The average Bonchev–Trinajstić information content (AvgIpc) is 2.23. The Morgan fingerprint density at radius 1 is 0.522 bits per heavy atom. The van der Waals surface area contributed by atoms with E-state index in [9.17, 15) is 57.1 Å². The highest BCUT2D eigenvalue weighted by Crippen LogP contribution is 2.67. The van der Waals surface area contributed by atoms with Crippen LogP contribution in [0.4, 0.5) is 57.1 Å². The van der Waals surface area contributed by atoms with Crippen LogP contribution in [0.1, 0.15) is 12.8 Å². The molecule has 1 nitrogen and oxygen atoms in total. The van der Waals surface area contributed by atoms with Crippen molar-refractivity contribution in [2.75, 3.05) is 6.61 Å². The van der Waals surface area contributed by atoms with Crippen LogP contribution in [-0.2, 0) is 0 Å². The Labute approximate surface area is 119 Å². The molecular formula is C9H7F13O. The van der Waals surface area contributed by atoms with Gasteiger partial charge in [-0.1, -0.05) is 0 Å². The van der Waals surface area contributed by atoms with E-state index in [1.54, 1.807) is 0 Å². The fourth-order valence-corrected chi connectivity index (χ4v) is 1.75. The molecule has 0 aliphatic heterocycles. The smallest absolute Gasteiger partial charge is 0.396 e. The summed E-state index contributed by atoms with van der Waals surface area (Å²) >= 11 is 0. The van der Waals surface area contributed by atoms with Gasteiger partial charge in [0.25, 0.3) is 0 Å². The van der Waals surface area contributed by atoms with Gasteiger partial charge in [-0.05, 0) is 12.8 Å². The van der Waals surface area contributed by atoms with Gasteiger partial charge < -0.3 is 5.11 Å². The van der Waals surface area contributed by atoms with Gasteiger partial charge in [0.2, 0.25) is 5.41 Å². The molecule has 0 aliphatic rings. The molecule has 0 aliphatic carbocycles. The van der Waals surface area contributed by atoms with Gasteiger partial charge in [0.05, 0.1) is 0 Å². The van der Waals surface area contributed by atoms with Crippen LogP contribution in [-0.4, -0.2) is 42.1 Å². The van der Waals surface area contributed by atoms with Gasteiger partial charge in [-0.2, -0.15) is 57.1 Å². The van der Waals surface area contributed by atoms with Crippen molar-refractivity contribution < 1.29 is 62.2 Å². The lowest BCUT2D eigenvalue weighted by atomic mass is 9.72. The molecule has 0 amide bonds. The number of hydrogen-bond donors (Lipinski definition) is 1. The van der Waals surface area contributed by atoms with Crippen molar-refractivity contribution in [3.8, 4) is 0 Å². The van der Waals surface area contributed by atoms with Crippen molar-refractivity contribution >= 4 is 0 Å². The normalized spacial score (nSPS) is 15.9. The van der Waals surface area contributed by atoms with E-state index in [0.29, 0.717) is 0 Å². The Kier molecular flexibility index (Phi) is 5.60. The summed E-state index contributed by atoms with van der Waals surface area (Å²) in [5, 5.41) is 8.20. The molecular weight excluding hydrogens is 371 g/mol. The van der Waals surface area contributed by atoms with Crippen LogP contribution < -0.4 is 0 Å². The molecule has 1 N–H and O–H groups in total. The molecule has 0 fully saturated rings. The van der Waals surface area contributed by atoms with E-state index in [-0.39, 0.29) is 0 Å². The fourth-order valence-electron chi connectivity index (χ4n) is 1.75. The molecule has 0 atom stereocenters. The standard InChI is InChI=1S/C9H7F13O/c10-5(11,6(12,13)9(20,21)22)4(2-1-3-23,7(14,15)16)8(17,18)19/h23H,1-3H2. The summed E-state index contributed by atoms with van der Waals surface area (Å²) < 4.78 is 164. The highest BCUT2D eigenvalue weighted by atomic mass is 19.4. The third kappa shape index (κ3) is 3.18. The van der Waals surface area contributed by atoms with Gasteiger partial charge in [0, 0.05) is 6.61 Å². The molecule has 23 heavy (non-hydrogen) atoms. The van der Waals surface area contributed by atoms with E-state index in [2.05, 4.69) is 0 Å². The number of hydrogen-bond acceptors (Lipinski definition) is 1. The summed E-state index contributed by atoms with van der Waals surface area (Å²) in [6.45, 7) is -1.58. The maximum atomic E-state index is 13.3. The van der Waals surface area contributed by atoms with Crippen LogP contribution in [0.5, 0.6) is 0 Å². The first kappa shape index (κ1) is 22.1. The van der Waals surface area contributed by atoms with Crippen LogP contribution in [0.2, 0.25) is 0 Å². The van der Waals surface area contributed by atoms with E-state index >= 15 is 0 Å². The molecule has 0 bridgehead atoms. The van der Waals surface area contributed by atoms with Crippen LogP contribution in [0.3, 0.4) is 0 Å². The summed E-state index contributed by atoms with van der Waals surface area (Å²) in [7, 11) is 0. The van der Waals surface area contributed by atoms with Crippen molar-refractivity contribution in [3.05, 3.63) is 0 Å². The maximum absolute atomic E-state index is 13.3. The summed E-state index contributed by atoms with van der Waals surface area (Å²) in [5.41, 5.74) is -6.70. The van der Waals surface area contributed by atoms with Crippen molar-refractivity contribution in [2.24, 2.45) is 5.41 Å². The maximum Gasteiger partial charge on any atom is 0.459 e. The number of aliphatic hydroxyl groups excluding tert-OH is 1. The SMILES string of the molecule is OCCCC(C(F)(F)F)(C(F)(F)F)C(F)(F)C(F)(F)C(F)(F)F. The Bertz CT molecular complexity index is 387. The largest absolute Gasteiger partial charge is 0.459 e. The van der Waals surface area contributed by atoms with Crippen molar-refractivity contribution in [2.45, 2.75) is 43.2 Å². The molecule has 0 saturated heterocycles. The first-order chi connectivity index (χ1) is 9.81. The molecule has 0 heterocycles. The Hall–Kier alpha value is -0.950. The summed E-state index contributed by atoms with van der Waals surface area (Å²) in [6, 6.07) is 0. The Balaban J connectivity index is 6.67. The lowest BCUT2D eigenvalue weighted by Crippen LogP contribution is -2.70. The fraction of sp³-hybridized carbons (Fsp3) is 1.00. The van der Waals surface area contributed by atoms with E-state index in [1.807, 2.05) is 0 Å². The second-order valence-electron chi connectivity index (χ2n) is 4.37. The summed E-state index contributed by atoms with van der Waals surface area (Å²) in [6.07, 6.45) is -26.5. The van der Waals surface area contributed by atoms with Gasteiger partial charge in [-0.15, -0.1) is 0 Å². The minimum atomic E-state index is -7.62. The predicted octanol–water partition coefficient (Wildman–Crippen LogP) is 4.70. The Morgan fingerprint density at radius 3 is 1.09 bits per heavy atom. The van der Waals surface area contributed by atoms with Crippen molar-refractivity contribution in [1.82, 2.24) is 0 Å².